The normalized spacial score (nSPS) is 11.3. The van der Waals surface area contributed by atoms with Gasteiger partial charge in [0, 0.05) is 37.1 Å². The minimum Gasteiger partial charge on any atom is -0.181 e. The molecule has 0 radical (unpaired) electrons. The van der Waals surface area contributed by atoms with E-state index < -0.39 is 0 Å². The smallest absolute Gasteiger partial charge is 0.181 e. The molecule has 2 aromatic carbocycles. The van der Waals surface area contributed by atoms with E-state index in [2.05, 4.69) is 71.5 Å². The van der Waals surface area contributed by atoms with Crippen molar-refractivity contribution in [1.82, 2.24) is 0 Å². The predicted octanol–water partition coefficient (Wildman–Crippen LogP) is 3.39. The summed E-state index contributed by atoms with van der Waals surface area (Å²) in [4.78, 5) is 0. The van der Waals surface area contributed by atoms with Crippen molar-refractivity contribution < 1.29 is 9.13 Å². The van der Waals surface area contributed by atoms with Crippen molar-refractivity contribution in [2.75, 3.05) is 0 Å². The van der Waals surface area contributed by atoms with Crippen LogP contribution in [0.5, 0.6) is 0 Å². The van der Waals surface area contributed by atoms with Crippen LogP contribution in [0.15, 0.2) is 48.5 Å². The minimum absolute atomic E-state index is 1.06. The molecule has 0 amide bonds. The summed E-state index contributed by atoms with van der Waals surface area (Å²) < 4.78 is 4.91. The molecule has 0 bridgehead atoms. The number of hydrogen-bond donors (Lipinski definition) is 0. The Morgan fingerprint density at radius 1 is 0.600 bits per heavy atom. The third-order valence-electron chi connectivity index (χ3n) is 3.82. The van der Waals surface area contributed by atoms with Crippen LogP contribution in [0.4, 0.5) is 0 Å². The maximum Gasteiger partial charge on any atom is 0.278 e. The fourth-order valence-corrected chi connectivity index (χ4v) is 3.03. The number of benzene rings is 2. The van der Waals surface area contributed by atoms with E-state index in [9.17, 15) is 0 Å². The van der Waals surface area contributed by atoms with E-state index in [4.69, 9.17) is 0 Å². The summed E-state index contributed by atoms with van der Waals surface area (Å²) in [6.07, 6.45) is 2.30. The summed E-state index contributed by atoms with van der Waals surface area (Å²) in [5.74, 6) is 0. The first-order valence-electron chi connectivity index (χ1n) is 7.60. The second-order valence-corrected chi connectivity index (χ2v) is 5.28. The van der Waals surface area contributed by atoms with Gasteiger partial charge in [-0.3, -0.25) is 0 Å². The maximum absolute atomic E-state index is 2.46. The van der Waals surface area contributed by atoms with Crippen molar-refractivity contribution in [3.05, 3.63) is 48.5 Å². The van der Waals surface area contributed by atoms with Crippen molar-refractivity contribution in [3.63, 3.8) is 0 Å². The molecule has 1 heterocycles. The highest BCUT2D eigenvalue weighted by Gasteiger charge is 2.24. The minimum atomic E-state index is 1.06. The highest BCUT2D eigenvalue weighted by molar-refractivity contribution is 5.75. The molecule has 2 nitrogen and oxygen atoms in total. The zero-order valence-corrected chi connectivity index (χ0v) is 12.3. The Labute approximate surface area is 120 Å². The van der Waals surface area contributed by atoms with Crippen molar-refractivity contribution >= 4 is 22.1 Å². The standard InChI is InChI=1S/C18H22N2/c1-3-13-19-15-9-5-7-11-17(15)20(14-4-2)18-12-8-6-10-16(18)19/h5-12H,3-4,13-14H2,1-2H3/q+2. The Kier molecular flexibility index (Phi) is 3.64. The number of aryl methyl sites for hydroxylation is 2. The monoisotopic (exact) mass is 266 g/mol. The molecule has 0 saturated carbocycles. The lowest BCUT2D eigenvalue weighted by atomic mass is 10.2. The van der Waals surface area contributed by atoms with Crippen molar-refractivity contribution in [3.8, 4) is 0 Å². The summed E-state index contributed by atoms with van der Waals surface area (Å²) in [6.45, 7) is 6.61. The van der Waals surface area contributed by atoms with Crippen LogP contribution in [0.3, 0.4) is 0 Å². The molecule has 0 fully saturated rings. The predicted molar refractivity (Wildman–Crippen MR) is 82.4 cm³/mol. The van der Waals surface area contributed by atoms with E-state index in [0.717, 1.165) is 25.9 Å². The van der Waals surface area contributed by atoms with E-state index in [-0.39, 0.29) is 0 Å². The van der Waals surface area contributed by atoms with Gasteiger partial charge in [-0.2, -0.15) is 9.13 Å². The first-order chi connectivity index (χ1) is 9.86. The fraction of sp³-hybridized carbons (Fsp3) is 0.333. The van der Waals surface area contributed by atoms with Crippen LogP contribution in [0.2, 0.25) is 0 Å². The zero-order valence-electron chi connectivity index (χ0n) is 12.3. The Hall–Kier alpha value is -1.96. The molecular weight excluding hydrogens is 244 g/mol. The second-order valence-electron chi connectivity index (χ2n) is 5.28. The molecule has 0 saturated heterocycles. The van der Waals surface area contributed by atoms with Crippen LogP contribution in [0.1, 0.15) is 26.7 Å². The highest BCUT2D eigenvalue weighted by atomic mass is 15.1. The Balaban J connectivity index is 2.47. The first kappa shape index (κ1) is 13.0. The first-order valence-corrected chi connectivity index (χ1v) is 7.60. The van der Waals surface area contributed by atoms with Crippen molar-refractivity contribution in [1.29, 1.82) is 0 Å². The SMILES string of the molecule is CCC[n+]1c2ccccc2[n+](CCC)c2ccccc21. The van der Waals surface area contributed by atoms with Crippen molar-refractivity contribution in [2.24, 2.45) is 0 Å². The lowest BCUT2D eigenvalue weighted by Gasteiger charge is -2.06. The topological polar surface area (TPSA) is 7.76 Å². The lowest BCUT2D eigenvalue weighted by Crippen LogP contribution is -2.45. The van der Waals surface area contributed by atoms with Gasteiger partial charge in [0.1, 0.15) is 13.1 Å². The molecule has 1 aromatic heterocycles. The van der Waals surface area contributed by atoms with E-state index in [1.807, 2.05) is 0 Å². The molecule has 3 rings (SSSR count). The van der Waals surface area contributed by atoms with Gasteiger partial charge in [0.2, 0.25) is 0 Å². The Morgan fingerprint density at radius 3 is 1.15 bits per heavy atom. The summed E-state index contributed by atoms with van der Waals surface area (Å²) >= 11 is 0. The number of rotatable bonds is 4. The van der Waals surface area contributed by atoms with Crippen molar-refractivity contribution in [2.45, 2.75) is 39.8 Å². The molecule has 0 aliphatic carbocycles. The molecule has 0 atom stereocenters. The van der Waals surface area contributed by atoms with E-state index in [1.54, 1.807) is 0 Å². The summed E-state index contributed by atoms with van der Waals surface area (Å²) in [5.41, 5.74) is 5.34. The number of aromatic nitrogens is 2. The van der Waals surface area contributed by atoms with Gasteiger partial charge in [0.25, 0.3) is 22.1 Å². The van der Waals surface area contributed by atoms with Crippen LogP contribution in [0, 0.1) is 0 Å². The second kappa shape index (κ2) is 5.58. The molecule has 102 valence electrons. The lowest BCUT2D eigenvalue weighted by molar-refractivity contribution is -0.684. The third kappa shape index (κ3) is 2.05. The number of para-hydroxylation sites is 4. The zero-order chi connectivity index (χ0) is 13.9. The van der Waals surface area contributed by atoms with Crippen LogP contribution in [-0.2, 0) is 13.1 Å². The maximum atomic E-state index is 2.46. The highest BCUT2D eigenvalue weighted by Crippen LogP contribution is 2.13. The van der Waals surface area contributed by atoms with Crippen LogP contribution < -0.4 is 9.13 Å². The van der Waals surface area contributed by atoms with Crippen LogP contribution in [-0.4, -0.2) is 0 Å². The molecule has 0 spiro atoms. The number of nitrogens with zero attached hydrogens (tertiary/aromatic N) is 2. The van der Waals surface area contributed by atoms with Gasteiger partial charge in [-0.15, -0.1) is 0 Å². The van der Waals surface area contributed by atoms with Gasteiger partial charge >= 0.3 is 0 Å². The molecule has 0 unspecified atom stereocenters. The van der Waals surface area contributed by atoms with E-state index in [0.29, 0.717) is 0 Å². The molecule has 0 aliphatic rings. The Morgan fingerprint density at radius 2 is 0.900 bits per heavy atom. The van der Waals surface area contributed by atoms with Gasteiger partial charge in [-0.25, -0.2) is 0 Å². The molecule has 3 aromatic rings. The molecule has 2 heteroatoms. The van der Waals surface area contributed by atoms with Crippen LogP contribution in [0.25, 0.3) is 22.1 Å². The quantitative estimate of drug-likeness (QED) is 0.505. The largest absolute Gasteiger partial charge is 0.278 e. The molecule has 20 heavy (non-hydrogen) atoms. The number of fused-ring (bicyclic) bond motifs is 2. The van der Waals surface area contributed by atoms with Gasteiger partial charge in [-0.05, 0) is 0 Å². The summed E-state index contributed by atoms with van der Waals surface area (Å²) in [5, 5.41) is 0. The van der Waals surface area contributed by atoms with Gasteiger partial charge in [0.05, 0.1) is 0 Å². The Bertz CT molecular complexity index is 626. The average molecular weight is 266 g/mol. The van der Waals surface area contributed by atoms with Gasteiger partial charge < -0.3 is 0 Å². The van der Waals surface area contributed by atoms with E-state index in [1.165, 1.54) is 22.1 Å². The number of hydrogen-bond acceptors (Lipinski definition) is 0. The van der Waals surface area contributed by atoms with E-state index >= 15 is 0 Å². The fourth-order valence-electron chi connectivity index (χ4n) is 3.03. The van der Waals surface area contributed by atoms with Gasteiger partial charge in [0.15, 0.2) is 0 Å². The molecular formula is C18H22N2+2. The van der Waals surface area contributed by atoms with Gasteiger partial charge in [-0.1, -0.05) is 38.1 Å². The molecule has 0 aliphatic heterocycles. The summed E-state index contributed by atoms with van der Waals surface area (Å²) in [7, 11) is 0. The third-order valence-corrected chi connectivity index (χ3v) is 3.82. The average Bonchev–Trinajstić information content (AvgIpc) is 2.50. The molecule has 0 N–H and O–H groups in total. The summed E-state index contributed by atoms with van der Waals surface area (Å²) in [6, 6.07) is 17.5. The van der Waals surface area contributed by atoms with Crippen LogP contribution >= 0.6 is 0 Å².